The number of nitrogens with two attached hydrogens (primary N) is 1. The maximum absolute atomic E-state index is 11.7. The van der Waals surface area contributed by atoms with Crippen LogP contribution in [0.2, 0.25) is 0 Å². The first-order chi connectivity index (χ1) is 8.62. The third-order valence-electron chi connectivity index (χ3n) is 2.54. The van der Waals surface area contributed by atoms with Crippen LogP contribution in [0.1, 0.15) is 28.4 Å². The number of rotatable bonds is 2. The van der Waals surface area contributed by atoms with E-state index in [9.17, 15) is 18.0 Å². The molecule has 0 fully saturated rings. The zero-order valence-corrected chi connectivity index (χ0v) is 11.6. The van der Waals surface area contributed by atoms with Gasteiger partial charge >= 0.3 is 0 Å². The van der Waals surface area contributed by atoms with Gasteiger partial charge in [-0.15, -0.1) is 0 Å². The molecule has 0 atom stereocenters. The lowest BCUT2D eigenvalue weighted by Crippen LogP contribution is -2.40. The first kappa shape index (κ1) is 15.1. The number of amides is 2. The summed E-state index contributed by atoms with van der Waals surface area (Å²) in [6.07, 6.45) is 0. The van der Waals surface area contributed by atoms with Gasteiger partial charge in [0.1, 0.15) is 0 Å². The van der Waals surface area contributed by atoms with Crippen LogP contribution in [-0.4, -0.2) is 20.2 Å². The molecule has 0 aliphatic rings. The van der Waals surface area contributed by atoms with E-state index in [1.165, 1.54) is 19.1 Å². The number of sulfonamides is 1. The van der Waals surface area contributed by atoms with Crippen molar-refractivity contribution in [2.75, 3.05) is 0 Å². The third-order valence-corrected chi connectivity index (χ3v) is 3.58. The Morgan fingerprint density at radius 3 is 2.21 bits per heavy atom. The predicted octanol–water partition coefficient (Wildman–Crippen LogP) is -0.268. The van der Waals surface area contributed by atoms with E-state index in [2.05, 4.69) is 10.9 Å². The van der Waals surface area contributed by atoms with Crippen LogP contribution in [0.25, 0.3) is 0 Å². The van der Waals surface area contributed by atoms with Gasteiger partial charge in [0, 0.05) is 12.5 Å². The summed E-state index contributed by atoms with van der Waals surface area (Å²) < 4.78 is 22.8. The number of nitrogens with one attached hydrogen (secondary N) is 2. The van der Waals surface area contributed by atoms with E-state index >= 15 is 0 Å². The maximum atomic E-state index is 11.7. The van der Waals surface area contributed by atoms with Crippen LogP contribution in [0.15, 0.2) is 17.0 Å². The molecule has 0 bridgehead atoms. The third kappa shape index (κ3) is 3.76. The second-order valence-electron chi connectivity index (χ2n) is 4.10. The number of benzene rings is 1. The molecule has 8 heteroatoms. The minimum atomic E-state index is -3.91. The quantitative estimate of drug-likeness (QED) is 0.648. The highest BCUT2D eigenvalue weighted by Gasteiger charge is 2.17. The molecule has 7 nitrogen and oxygen atoms in total. The molecular weight excluding hydrogens is 270 g/mol. The van der Waals surface area contributed by atoms with Crippen molar-refractivity contribution in [1.82, 2.24) is 10.9 Å². The molecule has 1 aromatic rings. The molecule has 1 rings (SSSR count). The van der Waals surface area contributed by atoms with Crippen LogP contribution < -0.4 is 16.0 Å². The maximum Gasteiger partial charge on any atom is 0.269 e. The van der Waals surface area contributed by atoms with Crippen LogP contribution in [-0.2, 0) is 14.8 Å². The van der Waals surface area contributed by atoms with Crippen LogP contribution in [0.3, 0.4) is 0 Å². The lowest BCUT2D eigenvalue weighted by Gasteiger charge is -2.11. The summed E-state index contributed by atoms with van der Waals surface area (Å²) in [5.74, 6) is -1.06. The van der Waals surface area contributed by atoms with Crippen molar-refractivity contribution in [3.63, 3.8) is 0 Å². The zero-order chi connectivity index (χ0) is 14.8. The highest BCUT2D eigenvalue weighted by atomic mass is 32.2. The van der Waals surface area contributed by atoms with E-state index in [1.807, 2.05) is 0 Å². The Labute approximate surface area is 111 Å². The van der Waals surface area contributed by atoms with Crippen molar-refractivity contribution in [1.29, 1.82) is 0 Å². The minimum Gasteiger partial charge on any atom is -0.274 e. The van der Waals surface area contributed by atoms with E-state index in [0.717, 1.165) is 0 Å². The molecule has 0 saturated heterocycles. The summed E-state index contributed by atoms with van der Waals surface area (Å²) in [6, 6.07) is 2.69. The van der Waals surface area contributed by atoms with Gasteiger partial charge in [-0.05, 0) is 37.1 Å². The van der Waals surface area contributed by atoms with Crippen molar-refractivity contribution in [2.45, 2.75) is 25.7 Å². The highest BCUT2D eigenvalue weighted by molar-refractivity contribution is 7.89. The van der Waals surface area contributed by atoms with Gasteiger partial charge in [-0.3, -0.25) is 20.4 Å². The molecular formula is C11H15N3O4S. The summed E-state index contributed by atoms with van der Waals surface area (Å²) in [5.41, 5.74) is 5.46. The first-order valence-corrected chi connectivity index (χ1v) is 6.88. The van der Waals surface area contributed by atoms with Gasteiger partial charge in [-0.25, -0.2) is 13.6 Å². The summed E-state index contributed by atoms with van der Waals surface area (Å²) in [5, 5.41) is 5.09. The number of carbonyl (C=O) groups is 2. The van der Waals surface area contributed by atoms with Gasteiger partial charge in [0.2, 0.25) is 15.9 Å². The Morgan fingerprint density at radius 1 is 1.16 bits per heavy atom. The van der Waals surface area contributed by atoms with Crippen molar-refractivity contribution in [3.8, 4) is 0 Å². The van der Waals surface area contributed by atoms with E-state index in [-0.39, 0.29) is 10.5 Å². The summed E-state index contributed by atoms with van der Waals surface area (Å²) in [4.78, 5) is 22.3. The zero-order valence-electron chi connectivity index (χ0n) is 10.8. The van der Waals surface area contributed by atoms with Crippen LogP contribution >= 0.6 is 0 Å². The number of hydrazine groups is 1. The smallest absolute Gasteiger partial charge is 0.269 e. The van der Waals surface area contributed by atoms with Gasteiger partial charge < -0.3 is 0 Å². The van der Waals surface area contributed by atoms with Crippen LogP contribution in [0.5, 0.6) is 0 Å². The first-order valence-electron chi connectivity index (χ1n) is 5.34. The number of aryl methyl sites for hydroxylation is 1. The molecule has 0 heterocycles. The van der Waals surface area contributed by atoms with Crippen molar-refractivity contribution < 1.29 is 18.0 Å². The molecule has 2 amide bonds. The van der Waals surface area contributed by atoms with Crippen molar-refractivity contribution in [2.24, 2.45) is 5.14 Å². The van der Waals surface area contributed by atoms with Gasteiger partial charge in [-0.1, -0.05) is 0 Å². The van der Waals surface area contributed by atoms with E-state index in [1.54, 1.807) is 13.8 Å². The standard InChI is InChI=1S/C11H15N3O4S/c1-6-4-9(11(16)14-13-8(3)15)5-10(7(6)2)19(12,17)18/h4-5H,1-3H3,(H,13,15)(H,14,16)(H2,12,17,18). The second-order valence-corrected chi connectivity index (χ2v) is 5.63. The average molecular weight is 285 g/mol. The topological polar surface area (TPSA) is 118 Å². The molecule has 1 aromatic carbocycles. The van der Waals surface area contributed by atoms with E-state index in [0.29, 0.717) is 11.1 Å². The summed E-state index contributed by atoms with van der Waals surface area (Å²) >= 11 is 0. The molecule has 0 saturated carbocycles. The average Bonchev–Trinajstić information content (AvgIpc) is 2.27. The molecule has 0 aromatic heterocycles. The summed E-state index contributed by atoms with van der Waals surface area (Å²) in [7, 11) is -3.91. The van der Waals surface area contributed by atoms with Gasteiger partial charge in [0.05, 0.1) is 4.90 Å². The van der Waals surface area contributed by atoms with Gasteiger partial charge in [-0.2, -0.15) is 0 Å². The van der Waals surface area contributed by atoms with Crippen LogP contribution in [0, 0.1) is 13.8 Å². The Hall–Kier alpha value is -1.93. The number of primary sulfonamides is 1. The fourth-order valence-electron chi connectivity index (χ4n) is 1.47. The monoisotopic (exact) mass is 285 g/mol. The fraction of sp³-hybridized carbons (Fsp3) is 0.273. The van der Waals surface area contributed by atoms with E-state index < -0.39 is 21.8 Å². The second kappa shape index (κ2) is 5.37. The minimum absolute atomic E-state index is 0.0980. The Balaban J connectivity index is 3.21. The lowest BCUT2D eigenvalue weighted by molar-refractivity contribution is -0.119. The molecule has 0 aliphatic heterocycles. The molecule has 0 aliphatic carbocycles. The molecule has 0 unspecified atom stereocenters. The molecule has 0 spiro atoms. The van der Waals surface area contributed by atoms with Crippen molar-refractivity contribution in [3.05, 3.63) is 28.8 Å². The summed E-state index contributed by atoms with van der Waals surface area (Å²) in [6.45, 7) is 4.50. The van der Waals surface area contributed by atoms with E-state index in [4.69, 9.17) is 5.14 Å². The Kier molecular flexibility index (Phi) is 4.28. The molecule has 19 heavy (non-hydrogen) atoms. The number of hydrogen-bond donors (Lipinski definition) is 3. The number of carbonyl (C=O) groups excluding carboxylic acids is 2. The Bertz CT molecular complexity index is 638. The lowest BCUT2D eigenvalue weighted by atomic mass is 10.1. The predicted molar refractivity (Wildman–Crippen MR) is 68.6 cm³/mol. The molecule has 104 valence electrons. The highest BCUT2D eigenvalue weighted by Crippen LogP contribution is 2.19. The SMILES string of the molecule is CC(=O)NNC(=O)c1cc(C)c(C)c(S(N)(=O)=O)c1. The van der Waals surface area contributed by atoms with Crippen molar-refractivity contribution >= 4 is 21.8 Å². The van der Waals surface area contributed by atoms with Gasteiger partial charge in [0.25, 0.3) is 5.91 Å². The fourth-order valence-corrected chi connectivity index (χ4v) is 2.35. The van der Waals surface area contributed by atoms with Crippen LogP contribution in [0.4, 0.5) is 0 Å². The normalized spacial score (nSPS) is 10.9. The molecule has 4 N–H and O–H groups in total. The molecule has 0 radical (unpaired) electrons. The largest absolute Gasteiger partial charge is 0.274 e. The number of hydrogen-bond acceptors (Lipinski definition) is 4. The van der Waals surface area contributed by atoms with Gasteiger partial charge in [0.15, 0.2) is 0 Å². The Morgan fingerprint density at radius 2 is 1.74 bits per heavy atom.